The van der Waals surface area contributed by atoms with E-state index in [1.54, 1.807) is 25.1 Å². The molecule has 1 heterocycles. The Morgan fingerprint density at radius 2 is 2.05 bits per heavy atom. The highest BCUT2D eigenvalue weighted by Crippen LogP contribution is 2.48. The lowest BCUT2D eigenvalue weighted by atomic mass is 9.71. The molecule has 1 fully saturated rings. The smallest absolute Gasteiger partial charge is 0.400 e. The maximum Gasteiger partial charge on any atom is 0.400 e. The second-order valence-electron chi connectivity index (χ2n) is 4.77. The molecule has 0 unspecified atom stereocenters. The van der Waals surface area contributed by atoms with E-state index >= 15 is 0 Å². The summed E-state index contributed by atoms with van der Waals surface area (Å²) in [7, 11) is 0. The van der Waals surface area contributed by atoms with Crippen molar-refractivity contribution in [2.45, 2.75) is 18.5 Å². The van der Waals surface area contributed by atoms with E-state index in [1.807, 2.05) is 0 Å². The molecule has 0 bridgehead atoms. The van der Waals surface area contributed by atoms with Gasteiger partial charge in [-0.3, -0.25) is 4.79 Å². The molecule has 1 aliphatic rings. The predicted molar refractivity (Wildman–Crippen MR) is 67.2 cm³/mol. The van der Waals surface area contributed by atoms with Gasteiger partial charge in [0.2, 0.25) is 0 Å². The molecule has 2 rings (SSSR count). The number of hydrogen-bond acceptors (Lipinski definition) is 3. The van der Waals surface area contributed by atoms with Gasteiger partial charge in [-0.1, -0.05) is 30.3 Å². The van der Waals surface area contributed by atoms with Gasteiger partial charge in [-0.2, -0.15) is 13.2 Å². The average Bonchev–Trinajstić information content (AvgIpc) is 2.85. The Balaban J connectivity index is 2.50. The van der Waals surface area contributed by atoms with Gasteiger partial charge in [0, 0.05) is 13.1 Å². The zero-order valence-electron chi connectivity index (χ0n) is 11.0. The van der Waals surface area contributed by atoms with Gasteiger partial charge >= 0.3 is 12.1 Å². The van der Waals surface area contributed by atoms with Crippen LogP contribution in [0.15, 0.2) is 30.3 Å². The molecule has 0 aromatic heterocycles. The number of hydrogen-bond donors (Lipinski definition) is 1. The van der Waals surface area contributed by atoms with Crippen molar-refractivity contribution < 1.29 is 22.7 Å². The number of alkyl halides is 3. The molecule has 0 amide bonds. The molecule has 1 aromatic rings. The van der Waals surface area contributed by atoms with Gasteiger partial charge in [0.15, 0.2) is 0 Å². The van der Waals surface area contributed by atoms with E-state index in [4.69, 9.17) is 4.74 Å². The molecule has 20 heavy (non-hydrogen) atoms. The van der Waals surface area contributed by atoms with Crippen molar-refractivity contribution in [2.24, 2.45) is 5.92 Å². The van der Waals surface area contributed by atoms with Crippen LogP contribution in [0.4, 0.5) is 13.2 Å². The van der Waals surface area contributed by atoms with E-state index in [2.05, 4.69) is 5.32 Å². The highest BCUT2D eigenvalue weighted by molar-refractivity contribution is 5.76. The molecule has 1 N–H and O–H groups in total. The van der Waals surface area contributed by atoms with Gasteiger partial charge in [-0.05, 0) is 12.5 Å². The summed E-state index contributed by atoms with van der Waals surface area (Å²) in [4.78, 5) is 11.9. The van der Waals surface area contributed by atoms with Crippen molar-refractivity contribution in [1.29, 1.82) is 0 Å². The highest BCUT2D eigenvalue weighted by Gasteiger charge is 2.64. The molecular formula is C14H16F3NO2. The third-order valence-electron chi connectivity index (χ3n) is 3.71. The Hall–Kier alpha value is -1.56. The number of halogens is 3. The van der Waals surface area contributed by atoms with E-state index in [1.165, 1.54) is 12.1 Å². The SMILES string of the molecule is CCOC(=O)[C@@H]1CNC[C@@]1(c1ccccc1)C(F)(F)F. The number of carbonyl (C=O) groups is 1. The zero-order valence-corrected chi connectivity index (χ0v) is 11.0. The van der Waals surface area contributed by atoms with Crippen LogP contribution >= 0.6 is 0 Å². The minimum atomic E-state index is -4.53. The van der Waals surface area contributed by atoms with E-state index in [9.17, 15) is 18.0 Å². The Morgan fingerprint density at radius 1 is 1.40 bits per heavy atom. The minimum Gasteiger partial charge on any atom is -0.466 e. The van der Waals surface area contributed by atoms with Crippen LogP contribution in [0, 0.1) is 5.92 Å². The fourth-order valence-corrected chi connectivity index (χ4v) is 2.74. The fourth-order valence-electron chi connectivity index (χ4n) is 2.74. The van der Waals surface area contributed by atoms with Crippen LogP contribution in [-0.2, 0) is 14.9 Å². The summed E-state index contributed by atoms with van der Waals surface area (Å²) < 4.78 is 45.9. The van der Waals surface area contributed by atoms with Gasteiger partial charge in [0.1, 0.15) is 5.41 Å². The molecule has 6 heteroatoms. The normalized spacial score (nSPS) is 26.5. The molecule has 3 nitrogen and oxygen atoms in total. The highest BCUT2D eigenvalue weighted by atomic mass is 19.4. The van der Waals surface area contributed by atoms with Crippen molar-refractivity contribution in [3.63, 3.8) is 0 Å². The Morgan fingerprint density at radius 3 is 2.60 bits per heavy atom. The lowest BCUT2D eigenvalue weighted by Crippen LogP contribution is -2.51. The molecule has 0 radical (unpaired) electrons. The standard InChI is InChI=1S/C14H16F3NO2/c1-2-20-12(19)11-8-18-9-13(11,14(15,16)17)10-6-4-3-5-7-10/h3-7,11,18H,2,8-9H2,1H3/t11-,13-/m0/s1. The zero-order chi connectivity index (χ0) is 14.8. The summed E-state index contributed by atoms with van der Waals surface area (Å²) in [5, 5.41) is 2.69. The molecule has 0 spiro atoms. The van der Waals surface area contributed by atoms with Crippen LogP contribution in [0.25, 0.3) is 0 Å². The Bertz CT molecular complexity index is 475. The predicted octanol–water partition coefficient (Wildman–Crippen LogP) is 2.27. The lowest BCUT2D eigenvalue weighted by Gasteiger charge is -2.35. The lowest BCUT2D eigenvalue weighted by molar-refractivity contribution is -0.203. The van der Waals surface area contributed by atoms with Crippen molar-refractivity contribution in [2.75, 3.05) is 19.7 Å². The molecule has 110 valence electrons. The van der Waals surface area contributed by atoms with E-state index in [0.29, 0.717) is 0 Å². The third-order valence-corrected chi connectivity index (χ3v) is 3.71. The molecule has 1 aliphatic heterocycles. The summed E-state index contributed by atoms with van der Waals surface area (Å²) in [6.45, 7) is 1.30. The van der Waals surface area contributed by atoms with Crippen molar-refractivity contribution in [3.05, 3.63) is 35.9 Å². The molecule has 1 saturated heterocycles. The monoisotopic (exact) mass is 287 g/mol. The number of carbonyl (C=O) groups excluding carboxylic acids is 1. The summed E-state index contributed by atoms with van der Waals surface area (Å²) in [6.07, 6.45) is -4.53. The van der Waals surface area contributed by atoms with Crippen LogP contribution < -0.4 is 5.32 Å². The van der Waals surface area contributed by atoms with Gasteiger partial charge < -0.3 is 10.1 Å². The van der Waals surface area contributed by atoms with Crippen LogP contribution in [-0.4, -0.2) is 31.8 Å². The summed E-state index contributed by atoms with van der Waals surface area (Å²) in [5.74, 6) is -2.07. The van der Waals surface area contributed by atoms with Crippen LogP contribution in [0.1, 0.15) is 12.5 Å². The van der Waals surface area contributed by atoms with Crippen molar-refractivity contribution >= 4 is 5.97 Å². The molecule has 0 aliphatic carbocycles. The van der Waals surface area contributed by atoms with Crippen molar-refractivity contribution in [3.8, 4) is 0 Å². The topological polar surface area (TPSA) is 38.3 Å². The number of ether oxygens (including phenoxy) is 1. The molecule has 2 atom stereocenters. The maximum absolute atomic E-state index is 13.7. The van der Waals surface area contributed by atoms with Crippen LogP contribution in [0.3, 0.4) is 0 Å². The van der Waals surface area contributed by atoms with Gasteiger partial charge in [0.05, 0.1) is 12.5 Å². The first-order valence-corrected chi connectivity index (χ1v) is 6.43. The first-order valence-electron chi connectivity index (χ1n) is 6.43. The average molecular weight is 287 g/mol. The van der Waals surface area contributed by atoms with Gasteiger partial charge in [-0.25, -0.2) is 0 Å². The number of rotatable bonds is 3. The van der Waals surface area contributed by atoms with E-state index in [0.717, 1.165) is 0 Å². The Labute approximate surface area is 115 Å². The second-order valence-corrected chi connectivity index (χ2v) is 4.77. The van der Waals surface area contributed by atoms with Crippen LogP contribution in [0.5, 0.6) is 0 Å². The summed E-state index contributed by atoms with van der Waals surface area (Å²) in [6, 6.07) is 7.56. The summed E-state index contributed by atoms with van der Waals surface area (Å²) >= 11 is 0. The quantitative estimate of drug-likeness (QED) is 0.867. The minimum absolute atomic E-state index is 0.0345. The molecule has 0 saturated carbocycles. The molecule has 1 aromatic carbocycles. The molecular weight excluding hydrogens is 271 g/mol. The second kappa shape index (κ2) is 5.44. The third kappa shape index (κ3) is 2.28. The van der Waals surface area contributed by atoms with E-state index < -0.39 is 23.5 Å². The number of benzene rings is 1. The number of esters is 1. The van der Waals surface area contributed by atoms with E-state index in [-0.39, 0.29) is 25.3 Å². The first kappa shape index (κ1) is 14.8. The largest absolute Gasteiger partial charge is 0.466 e. The van der Waals surface area contributed by atoms with Gasteiger partial charge in [0.25, 0.3) is 0 Å². The van der Waals surface area contributed by atoms with Crippen molar-refractivity contribution in [1.82, 2.24) is 5.32 Å². The summed E-state index contributed by atoms with van der Waals surface area (Å²) in [5.41, 5.74) is -2.13. The number of nitrogens with one attached hydrogen (secondary N) is 1. The maximum atomic E-state index is 13.7. The fraction of sp³-hybridized carbons (Fsp3) is 0.500. The first-order chi connectivity index (χ1) is 9.43. The Kier molecular flexibility index (Phi) is 4.04. The van der Waals surface area contributed by atoms with Crippen LogP contribution in [0.2, 0.25) is 0 Å². The van der Waals surface area contributed by atoms with Gasteiger partial charge in [-0.15, -0.1) is 0 Å².